The van der Waals surface area contributed by atoms with Gasteiger partial charge in [-0.25, -0.2) is 4.98 Å². The number of nitrogens with one attached hydrogen (secondary N) is 1. The largest absolute Gasteiger partial charge is 0.365 e. The van der Waals surface area contributed by atoms with Gasteiger partial charge in [-0.15, -0.1) is 10.2 Å². The number of fused-ring (bicyclic) bond motifs is 1. The molecule has 0 aromatic carbocycles. The number of hydrogen-bond donors (Lipinski definition) is 1. The zero-order valence-corrected chi connectivity index (χ0v) is 14.0. The maximum Gasteiger partial charge on any atom is 0.203 e. The third-order valence-electron chi connectivity index (χ3n) is 4.27. The van der Waals surface area contributed by atoms with Gasteiger partial charge in [-0.3, -0.25) is 4.40 Å². The molecule has 0 spiro atoms. The van der Waals surface area contributed by atoms with E-state index < -0.39 is 0 Å². The van der Waals surface area contributed by atoms with Gasteiger partial charge in [0, 0.05) is 30.9 Å². The average molecular weight is 302 g/mol. The first kappa shape index (κ1) is 15.2. The molecule has 2 aromatic rings. The summed E-state index contributed by atoms with van der Waals surface area (Å²) in [6.45, 7) is 5.38. The quantitative estimate of drug-likeness (QED) is 0.851. The van der Waals surface area contributed by atoms with Gasteiger partial charge in [0.25, 0.3) is 0 Å². The highest BCUT2D eigenvalue weighted by Crippen LogP contribution is 2.39. The number of anilines is 1. The molecule has 1 fully saturated rings. The molecular formula is C16H26N6. The Morgan fingerprint density at radius 2 is 2.09 bits per heavy atom. The lowest BCUT2D eigenvalue weighted by Gasteiger charge is -2.26. The van der Waals surface area contributed by atoms with Crippen LogP contribution >= 0.6 is 0 Å². The highest BCUT2D eigenvalue weighted by atomic mass is 15.3. The Kier molecular flexibility index (Phi) is 4.29. The molecule has 22 heavy (non-hydrogen) atoms. The number of aromatic nitrogens is 4. The minimum Gasteiger partial charge on any atom is -0.365 e. The van der Waals surface area contributed by atoms with Crippen molar-refractivity contribution >= 4 is 11.5 Å². The van der Waals surface area contributed by atoms with E-state index in [1.54, 1.807) is 0 Å². The van der Waals surface area contributed by atoms with Crippen LogP contribution in [0.25, 0.3) is 5.65 Å². The van der Waals surface area contributed by atoms with Crippen molar-refractivity contribution in [2.45, 2.75) is 45.1 Å². The van der Waals surface area contributed by atoms with Crippen LogP contribution < -0.4 is 5.32 Å². The van der Waals surface area contributed by atoms with Crippen molar-refractivity contribution in [1.29, 1.82) is 0 Å². The first-order valence-electron chi connectivity index (χ1n) is 8.16. The zero-order valence-electron chi connectivity index (χ0n) is 14.0. The Bertz CT molecular complexity index is 629. The fourth-order valence-corrected chi connectivity index (χ4v) is 2.82. The van der Waals surface area contributed by atoms with E-state index in [9.17, 15) is 0 Å². The van der Waals surface area contributed by atoms with Gasteiger partial charge >= 0.3 is 0 Å². The van der Waals surface area contributed by atoms with Crippen LogP contribution in [0, 0.1) is 5.92 Å². The maximum absolute atomic E-state index is 4.46. The normalized spacial score (nSPS) is 16.6. The number of hydrogen-bond acceptors (Lipinski definition) is 5. The minimum atomic E-state index is 0.480. The predicted octanol–water partition coefficient (Wildman–Crippen LogP) is 2.39. The number of rotatable bonds is 7. The van der Waals surface area contributed by atoms with E-state index >= 15 is 0 Å². The molecule has 0 radical (unpaired) electrons. The summed E-state index contributed by atoms with van der Waals surface area (Å²) in [5, 5.41) is 12.2. The molecule has 1 atom stereocenters. The van der Waals surface area contributed by atoms with Crippen molar-refractivity contribution in [2.75, 3.05) is 26.0 Å². The highest BCUT2D eigenvalue weighted by molar-refractivity contribution is 5.62. The maximum atomic E-state index is 4.46. The van der Waals surface area contributed by atoms with Crippen LogP contribution in [0.5, 0.6) is 0 Å². The molecule has 0 saturated heterocycles. The van der Waals surface area contributed by atoms with Crippen molar-refractivity contribution in [3.63, 3.8) is 0 Å². The minimum absolute atomic E-state index is 0.480. The Labute approximate surface area is 131 Å². The van der Waals surface area contributed by atoms with Crippen LogP contribution in [0.1, 0.15) is 44.9 Å². The second-order valence-corrected chi connectivity index (χ2v) is 6.93. The standard InChI is InChI=1S/C16H26N6/c1-11(2)9-13(21(3)4)10-18-14-16-20-19-15(12-5-6-12)22(16)8-7-17-14/h7-8,11-13H,5-6,9-10H2,1-4H3,(H,17,18). The highest BCUT2D eigenvalue weighted by Gasteiger charge is 2.29. The van der Waals surface area contributed by atoms with Crippen molar-refractivity contribution in [1.82, 2.24) is 24.5 Å². The number of likely N-dealkylation sites (N-methyl/N-ethyl adjacent to an activating group) is 1. The monoisotopic (exact) mass is 302 g/mol. The van der Waals surface area contributed by atoms with E-state index in [0.29, 0.717) is 17.9 Å². The Morgan fingerprint density at radius 1 is 1.32 bits per heavy atom. The van der Waals surface area contributed by atoms with E-state index in [-0.39, 0.29) is 0 Å². The molecule has 6 nitrogen and oxygen atoms in total. The summed E-state index contributed by atoms with van der Waals surface area (Å²) < 4.78 is 2.08. The molecular weight excluding hydrogens is 276 g/mol. The lowest BCUT2D eigenvalue weighted by atomic mass is 10.0. The van der Waals surface area contributed by atoms with Crippen LogP contribution in [0.4, 0.5) is 5.82 Å². The molecule has 1 aliphatic rings. The van der Waals surface area contributed by atoms with Crippen LogP contribution in [0.15, 0.2) is 12.4 Å². The van der Waals surface area contributed by atoms with E-state index in [0.717, 1.165) is 30.3 Å². The zero-order chi connectivity index (χ0) is 15.7. The van der Waals surface area contributed by atoms with Crippen molar-refractivity contribution < 1.29 is 0 Å². The van der Waals surface area contributed by atoms with E-state index in [4.69, 9.17) is 0 Å². The van der Waals surface area contributed by atoms with Gasteiger partial charge in [-0.2, -0.15) is 0 Å². The molecule has 120 valence electrons. The fraction of sp³-hybridized carbons (Fsp3) is 0.688. The SMILES string of the molecule is CC(C)CC(CNc1nccn2c(C3CC3)nnc12)N(C)C. The Balaban J connectivity index is 1.75. The van der Waals surface area contributed by atoms with Gasteiger partial charge in [0.2, 0.25) is 5.65 Å². The molecule has 6 heteroatoms. The van der Waals surface area contributed by atoms with Gasteiger partial charge in [0.15, 0.2) is 5.82 Å². The number of nitrogens with zero attached hydrogens (tertiary/aromatic N) is 5. The van der Waals surface area contributed by atoms with Gasteiger partial charge < -0.3 is 10.2 Å². The summed E-state index contributed by atoms with van der Waals surface area (Å²) >= 11 is 0. The van der Waals surface area contributed by atoms with E-state index in [2.05, 4.69) is 57.7 Å². The lowest BCUT2D eigenvalue weighted by Crippen LogP contribution is -2.35. The molecule has 1 N–H and O–H groups in total. The second-order valence-electron chi connectivity index (χ2n) is 6.93. The molecule has 0 aliphatic heterocycles. The molecule has 0 bridgehead atoms. The van der Waals surface area contributed by atoms with Crippen LogP contribution in [-0.2, 0) is 0 Å². The van der Waals surface area contributed by atoms with E-state index in [1.807, 2.05) is 12.4 Å². The summed E-state index contributed by atoms with van der Waals surface area (Å²) in [7, 11) is 4.26. The van der Waals surface area contributed by atoms with Crippen molar-refractivity contribution in [3.8, 4) is 0 Å². The van der Waals surface area contributed by atoms with Gasteiger partial charge in [-0.05, 0) is 39.3 Å². The first-order chi connectivity index (χ1) is 10.6. The topological polar surface area (TPSA) is 58.4 Å². The molecule has 0 amide bonds. The molecule has 1 saturated carbocycles. The van der Waals surface area contributed by atoms with Crippen LogP contribution in [0.3, 0.4) is 0 Å². The lowest BCUT2D eigenvalue weighted by molar-refractivity contribution is 0.266. The van der Waals surface area contributed by atoms with Crippen molar-refractivity contribution in [2.24, 2.45) is 5.92 Å². The third-order valence-corrected chi connectivity index (χ3v) is 4.27. The fourth-order valence-electron chi connectivity index (χ4n) is 2.82. The smallest absolute Gasteiger partial charge is 0.203 e. The summed E-state index contributed by atoms with van der Waals surface area (Å²) in [5.74, 6) is 3.16. The van der Waals surface area contributed by atoms with E-state index in [1.165, 1.54) is 12.8 Å². The van der Waals surface area contributed by atoms with Crippen LogP contribution in [0.2, 0.25) is 0 Å². The third kappa shape index (κ3) is 3.21. The summed E-state index contributed by atoms with van der Waals surface area (Å²) in [6, 6.07) is 0.480. The summed E-state index contributed by atoms with van der Waals surface area (Å²) in [4.78, 5) is 6.73. The van der Waals surface area contributed by atoms with Gasteiger partial charge in [0.05, 0.1) is 0 Å². The van der Waals surface area contributed by atoms with Crippen LogP contribution in [-0.4, -0.2) is 51.2 Å². The predicted molar refractivity (Wildman–Crippen MR) is 88.2 cm³/mol. The molecule has 2 aromatic heterocycles. The van der Waals surface area contributed by atoms with Crippen molar-refractivity contribution in [3.05, 3.63) is 18.2 Å². The Hall–Kier alpha value is -1.69. The first-order valence-corrected chi connectivity index (χ1v) is 8.16. The molecule has 1 aliphatic carbocycles. The summed E-state index contributed by atoms with van der Waals surface area (Å²) in [6.07, 6.45) is 7.40. The second kappa shape index (κ2) is 6.20. The van der Waals surface area contributed by atoms with Gasteiger partial charge in [0.1, 0.15) is 5.82 Å². The average Bonchev–Trinajstić information content (AvgIpc) is 3.22. The Morgan fingerprint density at radius 3 is 2.73 bits per heavy atom. The van der Waals surface area contributed by atoms with Gasteiger partial charge in [-0.1, -0.05) is 13.8 Å². The summed E-state index contributed by atoms with van der Waals surface area (Å²) in [5.41, 5.74) is 0.839. The molecule has 3 rings (SSSR count). The molecule has 1 unspecified atom stereocenters. The molecule has 2 heterocycles.